The lowest BCUT2D eigenvalue weighted by molar-refractivity contribution is -0.844. The smallest absolute Gasteiger partial charge is 0.135 e. The Balaban J connectivity index is 1.53. The molecule has 128 valence electrons. The largest absolute Gasteiger partial charge is 0.345 e. The van der Waals surface area contributed by atoms with E-state index in [0.29, 0.717) is 6.04 Å². The number of hydrogen-bond acceptors (Lipinski definition) is 1. The van der Waals surface area contributed by atoms with Gasteiger partial charge in [-0.2, -0.15) is 0 Å². The third kappa shape index (κ3) is 2.91. The van der Waals surface area contributed by atoms with Gasteiger partial charge < -0.3 is 4.90 Å². The first kappa shape index (κ1) is 16.2. The zero-order valence-corrected chi connectivity index (χ0v) is 15.2. The van der Waals surface area contributed by atoms with Crippen LogP contribution in [0.2, 0.25) is 0 Å². The van der Waals surface area contributed by atoms with Crippen LogP contribution in [-0.4, -0.2) is 19.1 Å². The van der Waals surface area contributed by atoms with Gasteiger partial charge in [0.25, 0.3) is 0 Å². The number of quaternary nitrogens is 1. The molecule has 2 aliphatic rings. The number of rotatable bonds is 4. The molecule has 0 saturated carbocycles. The van der Waals surface area contributed by atoms with Crippen molar-refractivity contribution in [3.8, 4) is 0 Å². The summed E-state index contributed by atoms with van der Waals surface area (Å²) in [6.07, 6.45) is 9.21. The summed E-state index contributed by atoms with van der Waals surface area (Å²) in [5.41, 5.74) is 7.21. The highest BCUT2D eigenvalue weighted by Gasteiger charge is 2.31. The van der Waals surface area contributed by atoms with Crippen LogP contribution in [0, 0.1) is 0 Å². The maximum absolute atomic E-state index is 2.44. The van der Waals surface area contributed by atoms with E-state index in [2.05, 4.69) is 85.5 Å². The molecule has 2 aromatic carbocycles. The van der Waals surface area contributed by atoms with Crippen LogP contribution in [0.1, 0.15) is 25.0 Å². The van der Waals surface area contributed by atoms with Crippen molar-refractivity contribution in [1.29, 1.82) is 0 Å². The van der Waals surface area contributed by atoms with Crippen molar-refractivity contribution in [1.82, 2.24) is 0 Å². The molecule has 0 fully saturated rings. The second-order valence-corrected chi connectivity index (χ2v) is 6.94. The van der Waals surface area contributed by atoms with Gasteiger partial charge in [0.1, 0.15) is 11.7 Å². The monoisotopic (exact) mass is 331 g/mol. The van der Waals surface area contributed by atoms with Gasteiger partial charge in [0.15, 0.2) is 0 Å². The van der Waals surface area contributed by atoms with E-state index in [0.717, 1.165) is 25.9 Å². The average molecular weight is 331 g/mol. The Labute approximate surface area is 151 Å². The molecule has 2 aromatic rings. The van der Waals surface area contributed by atoms with E-state index in [4.69, 9.17) is 0 Å². The fraction of sp³-hybridized carbons (Fsp3) is 0.304. The summed E-state index contributed by atoms with van der Waals surface area (Å²) >= 11 is 0. The first-order valence-electron chi connectivity index (χ1n) is 9.48. The molecule has 25 heavy (non-hydrogen) atoms. The van der Waals surface area contributed by atoms with Crippen molar-refractivity contribution in [3.63, 3.8) is 0 Å². The highest BCUT2D eigenvalue weighted by Crippen LogP contribution is 2.33. The fourth-order valence-corrected chi connectivity index (χ4v) is 4.40. The summed E-state index contributed by atoms with van der Waals surface area (Å²) < 4.78 is 0. The minimum Gasteiger partial charge on any atom is -0.345 e. The minimum atomic E-state index is 0.554. The predicted molar refractivity (Wildman–Crippen MR) is 105 cm³/mol. The van der Waals surface area contributed by atoms with Gasteiger partial charge in [-0.25, -0.2) is 0 Å². The van der Waals surface area contributed by atoms with Crippen molar-refractivity contribution in [2.45, 2.75) is 32.7 Å². The van der Waals surface area contributed by atoms with Crippen LogP contribution < -0.4 is 9.80 Å². The van der Waals surface area contributed by atoms with E-state index < -0.39 is 0 Å². The molecule has 0 amide bonds. The molecule has 2 aliphatic heterocycles. The molecule has 0 aliphatic carbocycles. The molecule has 0 radical (unpaired) electrons. The fourth-order valence-electron chi connectivity index (χ4n) is 4.40. The minimum absolute atomic E-state index is 0.554. The number of anilines is 1. The SMILES string of the molecule is CCN1/C(=C/C=C/C2Cc3ccccc3[NH+]2CC)Cc2ccccc21. The summed E-state index contributed by atoms with van der Waals surface area (Å²) in [4.78, 5) is 4.03. The lowest BCUT2D eigenvalue weighted by atomic mass is 10.1. The van der Waals surface area contributed by atoms with Crippen molar-refractivity contribution in [3.05, 3.63) is 83.6 Å². The molecule has 2 heterocycles. The number of para-hydroxylation sites is 2. The number of hydrogen-bond donors (Lipinski definition) is 1. The van der Waals surface area contributed by atoms with Gasteiger partial charge in [-0.15, -0.1) is 0 Å². The normalized spacial score (nSPS) is 23.4. The number of fused-ring (bicyclic) bond motifs is 2. The van der Waals surface area contributed by atoms with Crippen molar-refractivity contribution in [2.24, 2.45) is 0 Å². The number of allylic oxidation sites excluding steroid dienone is 3. The second-order valence-electron chi connectivity index (χ2n) is 6.94. The summed E-state index contributed by atoms with van der Waals surface area (Å²) in [5.74, 6) is 0. The zero-order valence-electron chi connectivity index (χ0n) is 15.2. The quantitative estimate of drug-likeness (QED) is 0.898. The topological polar surface area (TPSA) is 7.68 Å². The number of nitrogens with one attached hydrogen (secondary N) is 1. The Morgan fingerprint density at radius 3 is 2.60 bits per heavy atom. The molecule has 1 N–H and O–H groups in total. The van der Waals surface area contributed by atoms with Crippen LogP contribution in [0.3, 0.4) is 0 Å². The van der Waals surface area contributed by atoms with E-state index in [1.165, 1.54) is 28.2 Å². The van der Waals surface area contributed by atoms with E-state index in [1.54, 1.807) is 4.90 Å². The molecule has 2 atom stereocenters. The lowest BCUT2D eigenvalue weighted by Gasteiger charge is -2.19. The van der Waals surface area contributed by atoms with Crippen LogP contribution in [0.4, 0.5) is 11.4 Å². The Kier molecular flexibility index (Phi) is 4.46. The first-order chi connectivity index (χ1) is 12.3. The zero-order chi connectivity index (χ0) is 17.2. The average Bonchev–Trinajstić information content (AvgIpc) is 3.18. The third-order valence-corrected chi connectivity index (χ3v) is 5.58. The number of benzene rings is 2. The molecule has 0 saturated heterocycles. The second kappa shape index (κ2) is 6.89. The van der Waals surface area contributed by atoms with Gasteiger partial charge in [-0.05, 0) is 43.7 Å². The lowest BCUT2D eigenvalue weighted by Crippen LogP contribution is -3.09. The van der Waals surface area contributed by atoms with Gasteiger partial charge in [0.05, 0.1) is 6.54 Å². The van der Waals surface area contributed by atoms with E-state index in [-0.39, 0.29) is 0 Å². The van der Waals surface area contributed by atoms with Crippen LogP contribution in [0.25, 0.3) is 0 Å². The standard InChI is InChI=1S/C23H26N2/c1-3-24-20(16-18-10-5-7-14-22(18)24)12-9-13-21-17-19-11-6-8-15-23(19)25(21)4-2/h5-15,20H,3-4,16-17H2,1-2H3/p+1/b12-9+,21-13+. The van der Waals surface area contributed by atoms with Crippen LogP contribution in [-0.2, 0) is 12.8 Å². The van der Waals surface area contributed by atoms with Crippen LogP contribution in [0.5, 0.6) is 0 Å². The van der Waals surface area contributed by atoms with E-state index >= 15 is 0 Å². The molecule has 2 nitrogen and oxygen atoms in total. The predicted octanol–water partition coefficient (Wildman–Crippen LogP) is 3.67. The van der Waals surface area contributed by atoms with Crippen molar-refractivity contribution < 1.29 is 4.90 Å². The number of nitrogens with zero attached hydrogens (tertiary/aromatic N) is 1. The van der Waals surface area contributed by atoms with Gasteiger partial charge in [0, 0.05) is 36.3 Å². The van der Waals surface area contributed by atoms with Crippen LogP contribution >= 0.6 is 0 Å². The molecular weight excluding hydrogens is 304 g/mol. The Bertz CT molecular complexity index is 818. The Hall–Kier alpha value is -2.32. The van der Waals surface area contributed by atoms with Gasteiger partial charge in [-0.3, -0.25) is 4.90 Å². The highest BCUT2D eigenvalue weighted by molar-refractivity contribution is 5.65. The maximum Gasteiger partial charge on any atom is 0.135 e. The van der Waals surface area contributed by atoms with Crippen molar-refractivity contribution in [2.75, 3.05) is 18.0 Å². The Morgan fingerprint density at radius 2 is 1.80 bits per heavy atom. The van der Waals surface area contributed by atoms with E-state index in [9.17, 15) is 0 Å². The number of likely N-dealkylation sites (N-methyl/N-ethyl adjacent to an activating group) is 2. The van der Waals surface area contributed by atoms with Crippen molar-refractivity contribution >= 4 is 11.4 Å². The third-order valence-electron chi connectivity index (χ3n) is 5.58. The molecule has 0 aromatic heterocycles. The summed E-state index contributed by atoms with van der Waals surface area (Å²) in [6.45, 7) is 6.67. The van der Waals surface area contributed by atoms with Gasteiger partial charge >= 0.3 is 0 Å². The van der Waals surface area contributed by atoms with Crippen LogP contribution in [0.15, 0.2) is 72.5 Å². The molecular formula is C23H27N2+. The molecule has 4 rings (SSSR count). The molecule has 2 heteroatoms. The molecule has 0 spiro atoms. The first-order valence-corrected chi connectivity index (χ1v) is 9.48. The molecule has 2 unspecified atom stereocenters. The Morgan fingerprint density at radius 1 is 1.04 bits per heavy atom. The maximum atomic E-state index is 2.44. The summed E-state index contributed by atoms with van der Waals surface area (Å²) in [5, 5.41) is 0. The van der Waals surface area contributed by atoms with Gasteiger partial charge in [-0.1, -0.05) is 42.5 Å². The summed E-state index contributed by atoms with van der Waals surface area (Å²) in [7, 11) is 0. The highest BCUT2D eigenvalue weighted by atomic mass is 15.2. The summed E-state index contributed by atoms with van der Waals surface area (Å²) in [6, 6.07) is 18.2. The van der Waals surface area contributed by atoms with E-state index in [1.807, 2.05) is 0 Å². The molecule has 0 bridgehead atoms. The van der Waals surface area contributed by atoms with Gasteiger partial charge in [0.2, 0.25) is 0 Å².